The maximum atomic E-state index is 13.1. The van der Waals surface area contributed by atoms with Gasteiger partial charge in [0.05, 0.1) is 31.8 Å². The van der Waals surface area contributed by atoms with Gasteiger partial charge in [0, 0.05) is 12.0 Å². The third kappa shape index (κ3) is 3.79. The van der Waals surface area contributed by atoms with Gasteiger partial charge in [0.25, 0.3) is 5.91 Å². The van der Waals surface area contributed by atoms with Gasteiger partial charge in [0.15, 0.2) is 0 Å². The van der Waals surface area contributed by atoms with E-state index in [1.54, 1.807) is 21.9 Å². The van der Waals surface area contributed by atoms with Gasteiger partial charge in [0.1, 0.15) is 17.1 Å². The Kier molecular flexibility index (Phi) is 5.02. The number of rotatable bonds is 6. The number of benzene rings is 1. The molecule has 0 saturated carbocycles. The lowest BCUT2D eigenvalue weighted by molar-refractivity contribution is -0.0951. The van der Waals surface area contributed by atoms with Gasteiger partial charge >= 0.3 is 0 Å². The number of nitrogens with zero attached hydrogens (tertiary/aromatic N) is 2. The van der Waals surface area contributed by atoms with Crippen LogP contribution in [0.1, 0.15) is 28.9 Å². The molecule has 2 aliphatic heterocycles. The van der Waals surface area contributed by atoms with Crippen molar-refractivity contribution in [3.8, 4) is 0 Å². The number of thiazole rings is 1. The van der Waals surface area contributed by atoms with Crippen molar-refractivity contribution < 1.29 is 18.7 Å². The van der Waals surface area contributed by atoms with Gasteiger partial charge < -0.3 is 14.4 Å². The maximum Gasteiger partial charge on any atom is 0.273 e. The standard InChI is InChI=1S/C19H21FN2O3S/c20-16-3-1-2-14(6-16)8-24-5-4-15-7-19(25-9-15)11-22(12-19)18(23)17-10-26-13-21-17/h1-3,6,10,13,15H,4-5,7-9,11-12H2. The highest BCUT2D eigenvalue weighted by molar-refractivity contribution is 7.07. The summed E-state index contributed by atoms with van der Waals surface area (Å²) in [5.74, 6) is 0.195. The average molecular weight is 376 g/mol. The van der Waals surface area contributed by atoms with Crippen LogP contribution in [0.25, 0.3) is 0 Å². The van der Waals surface area contributed by atoms with Gasteiger partial charge in [-0.25, -0.2) is 9.37 Å². The molecule has 1 atom stereocenters. The van der Waals surface area contributed by atoms with Gasteiger partial charge in [-0.1, -0.05) is 12.1 Å². The van der Waals surface area contributed by atoms with Gasteiger partial charge in [0.2, 0.25) is 0 Å². The molecule has 2 fully saturated rings. The van der Waals surface area contributed by atoms with E-state index >= 15 is 0 Å². The Morgan fingerprint density at radius 3 is 3.12 bits per heavy atom. The number of hydrogen-bond donors (Lipinski definition) is 0. The lowest BCUT2D eigenvalue weighted by atomic mass is 9.86. The van der Waals surface area contributed by atoms with Crippen LogP contribution in [0.3, 0.4) is 0 Å². The average Bonchev–Trinajstić information content (AvgIpc) is 3.27. The summed E-state index contributed by atoms with van der Waals surface area (Å²) in [6.45, 7) is 3.05. The second-order valence-corrected chi connectivity index (χ2v) is 7.79. The highest BCUT2D eigenvalue weighted by atomic mass is 32.1. The summed E-state index contributed by atoms with van der Waals surface area (Å²) in [5.41, 5.74) is 2.86. The number of ether oxygens (including phenoxy) is 2. The van der Waals surface area contributed by atoms with E-state index in [4.69, 9.17) is 9.47 Å². The number of aromatic nitrogens is 1. The number of likely N-dealkylation sites (tertiary alicyclic amines) is 1. The lowest BCUT2D eigenvalue weighted by Gasteiger charge is -2.46. The summed E-state index contributed by atoms with van der Waals surface area (Å²) >= 11 is 1.43. The molecule has 1 unspecified atom stereocenters. The first kappa shape index (κ1) is 17.6. The molecule has 2 saturated heterocycles. The number of amides is 1. The van der Waals surface area contributed by atoms with Crippen LogP contribution >= 0.6 is 11.3 Å². The minimum atomic E-state index is -0.237. The van der Waals surface area contributed by atoms with E-state index in [-0.39, 0.29) is 17.3 Å². The van der Waals surface area contributed by atoms with Gasteiger partial charge in [-0.3, -0.25) is 4.79 Å². The maximum absolute atomic E-state index is 13.1. The smallest absolute Gasteiger partial charge is 0.273 e. The fourth-order valence-corrected chi connectivity index (χ4v) is 4.21. The second kappa shape index (κ2) is 7.42. The zero-order valence-corrected chi connectivity index (χ0v) is 15.2. The molecular weight excluding hydrogens is 355 g/mol. The van der Waals surface area contributed by atoms with E-state index in [0.29, 0.717) is 44.5 Å². The molecule has 1 aromatic carbocycles. The molecule has 4 rings (SSSR count). The predicted octanol–water partition coefficient (Wildman–Crippen LogP) is 3.12. The van der Waals surface area contributed by atoms with E-state index < -0.39 is 0 Å². The highest BCUT2D eigenvalue weighted by Gasteiger charge is 2.51. The molecular formula is C19H21FN2O3S. The molecule has 3 heterocycles. The number of carbonyl (C=O) groups excluding carboxylic acids is 1. The normalized spacial score (nSPS) is 21.1. The molecule has 26 heavy (non-hydrogen) atoms. The summed E-state index contributed by atoms with van der Waals surface area (Å²) in [5, 5.41) is 1.78. The van der Waals surface area contributed by atoms with Crippen molar-refractivity contribution in [2.24, 2.45) is 5.92 Å². The topological polar surface area (TPSA) is 51.7 Å². The zero-order valence-electron chi connectivity index (χ0n) is 14.4. The van der Waals surface area contributed by atoms with Crippen molar-refractivity contribution in [1.29, 1.82) is 0 Å². The predicted molar refractivity (Wildman–Crippen MR) is 95.5 cm³/mol. The van der Waals surface area contributed by atoms with E-state index in [0.717, 1.165) is 18.4 Å². The van der Waals surface area contributed by atoms with Crippen LogP contribution in [-0.2, 0) is 16.1 Å². The summed E-state index contributed by atoms with van der Waals surface area (Å²) in [4.78, 5) is 18.1. The molecule has 1 spiro atoms. The first-order valence-corrected chi connectivity index (χ1v) is 9.71. The van der Waals surface area contributed by atoms with Crippen molar-refractivity contribution >= 4 is 17.2 Å². The minimum absolute atomic E-state index is 0.0117. The van der Waals surface area contributed by atoms with Crippen molar-refractivity contribution in [1.82, 2.24) is 9.88 Å². The minimum Gasteiger partial charge on any atom is -0.377 e. The quantitative estimate of drug-likeness (QED) is 0.727. The Morgan fingerprint density at radius 2 is 2.35 bits per heavy atom. The SMILES string of the molecule is O=C(c1cscn1)N1CC2(CC(CCOCc3cccc(F)c3)CO2)C1. The number of hydrogen-bond acceptors (Lipinski definition) is 5. The lowest BCUT2D eigenvalue weighted by Crippen LogP contribution is -2.63. The summed E-state index contributed by atoms with van der Waals surface area (Å²) < 4.78 is 24.8. The van der Waals surface area contributed by atoms with Crippen LogP contribution in [0.4, 0.5) is 4.39 Å². The fraction of sp³-hybridized carbons (Fsp3) is 0.474. The van der Waals surface area contributed by atoms with Crippen molar-refractivity contribution in [3.63, 3.8) is 0 Å². The number of carbonyl (C=O) groups is 1. The fourth-order valence-electron chi connectivity index (χ4n) is 3.68. The van der Waals surface area contributed by atoms with Crippen LogP contribution < -0.4 is 0 Å². The molecule has 0 radical (unpaired) electrons. The first-order chi connectivity index (χ1) is 12.6. The van der Waals surface area contributed by atoms with E-state index in [9.17, 15) is 9.18 Å². The van der Waals surface area contributed by atoms with Gasteiger partial charge in [-0.05, 0) is 36.5 Å². The van der Waals surface area contributed by atoms with Crippen molar-refractivity contribution in [2.45, 2.75) is 25.0 Å². The monoisotopic (exact) mass is 376 g/mol. The second-order valence-electron chi connectivity index (χ2n) is 7.07. The molecule has 138 valence electrons. The summed E-state index contributed by atoms with van der Waals surface area (Å²) in [6, 6.07) is 6.48. The molecule has 2 aromatic rings. The molecule has 7 heteroatoms. The first-order valence-electron chi connectivity index (χ1n) is 8.77. The van der Waals surface area contributed by atoms with Gasteiger partial charge in [-0.2, -0.15) is 0 Å². The van der Waals surface area contributed by atoms with Crippen LogP contribution in [0.5, 0.6) is 0 Å². The third-order valence-electron chi connectivity index (χ3n) is 5.01. The van der Waals surface area contributed by atoms with Gasteiger partial charge in [-0.15, -0.1) is 11.3 Å². The third-order valence-corrected chi connectivity index (χ3v) is 5.60. The van der Waals surface area contributed by atoms with Crippen LogP contribution in [-0.4, -0.2) is 47.7 Å². The summed E-state index contributed by atoms with van der Waals surface area (Å²) in [6.07, 6.45) is 1.87. The molecule has 2 aliphatic rings. The summed E-state index contributed by atoms with van der Waals surface area (Å²) in [7, 11) is 0. The molecule has 0 aliphatic carbocycles. The molecule has 5 nitrogen and oxygen atoms in total. The van der Waals surface area contributed by atoms with Crippen molar-refractivity contribution in [2.75, 3.05) is 26.3 Å². The van der Waals surface area contributed by atoms with E-state index in [2.05, 4.69) is 4.98 Å². The molecule has 1 aromatic heterocycles. The Labute approximate surface area is 155 Å². The Bertz CT molecular complexity index is 762. The van der Waals surface area contributed by atoms with Crippen LogP contribution in [0.2, 0.25) is 0 Å². The Hall–Kier alpha value is -1.83. The Morgan fingerprint density at radius 1 is 1.46 bits per heavy atom. The van der Waals surface area contributed by atoms with E-state index in [1.807, 2.05) is 6.07 Å². The molecule has 0 N–H and O–H groups in total. The highest BCUT2D eigenvalue weighted by Crippen LogP contribution is 2.39. The zero-order chi connectivity index (χ0) is 18.0. The molecule has 1 amide bonds. The molecule has 0 bridgehead atoms. The number of halogens is 1. The largest absolute Gasteiger partial charge is 0.377 e. The van der Waals surface area contributed by atoms with E-state index in [1.165, 1.54) is 23.5 Å². The van der Waals surface area contributed by atoms with Crippen LogP contribution in [0.15, 0.2) is 35.2 Å². The Balaban J connectivity index is 1.17. The van der Waals surface area contributed by atoms with Crippen LogP contribution in [0, 0.1) is 11.7 Å². The van der Waals surface area contributed by atoms with Crippen molar-refractivity contribution in [3.05, 3.63) is 52.2 Å².